The Morgan fingerprint density at radius 2 is 1.96 bits per heavy atom. The molecule has 5 nitrogen and oxygen atoms in total. The molecule has 3 fully saturated rings. The highest BCUT2D eigenvalue weighted by Gasteiger charge is 2.65. The first-order valence-electron chi connectivity index (χ1n) is 8.24. The monoisotopic (exact) mass is 322 g/mol. The van der Waals surface area contributed by atoms with Crippen LogP contribution in [0, 0.1) is 29.6 Å². The Hall–Kier alpha value is -1.65. The van der Waals surface area contributed by atoms with E-state index in [9.17, 15) is 14.4 Å². The Morgan fingerprint density at radius 3 is 2.43 bits per heavy atom. The molecule has 6 unspecified atom stereocenters. The van der Waals surface area contributed by atoms with Crippen LogP contribution in [0.5, 0.6) is 0 Å². The van der Waals surface area contributed by atoms with Gasteiger partial charge in [0.25, 0.3) is 6.47 Å². The standard InChI is InChI=1S/C18H26O5/c1-10(2)17(21)23-18(11(3)4)15-7-6-13(16(18)22-9-20)12(5)14(15)8-19/h8-9,11-16H,1,6-7H2,2-5H3. The molecule has 0 aromatic heterocycles. The molecule has 5 heteroatoms. The molecule has 3 rings (SSSR count). The van der Waals surface area contributed by atoms with Crippen LogP contribution in [0.15, 0.2) is 12.2 Å². The fourth-order valence-corrected chi connectivity index (χ4v) is 4.72. The van der Waals surface area contributed by atoms with Crippen LogP contribution in [-0.2, 0) is 23.9 Å². The van der Waals surface area contributed by atoms with Crippen molar-refractivity contribution in [2.75, 3.05) is 0 Å². The first-order chi connectivity index (χ1) is 10.8. The molecular weight excluding hydrogens is 296 g/mol. The minimum Gasteiger partial charge on any atom is -0.460 e. The normalized spacial score (nSPS) is 38.9. The number of hydrogen-bond donors (Lipinski definition) is 0. The molecule has 0 spiro atoms. The molecular formula is C18H26O5. The van der Waals surface area contributed by atoms with Gasteiger partial charge in [-0.3, -0.25) is 4.79 Å². The molecule has 0 amide bonds. The topological polar surface area (TPSA) is 69.7 Å². The molecule has 3 saturated carbocycles. The van der Waals surface area contributed by atoms with Gasteiger partial charge in [-0.1, -0.05) is 27.4 Å². The second-order valence-corrected chi connectivity index (χ2v) is 7.25. The molecule has 128 valence electrons. The Bertz CT molecular complexity index is 508. The summed E-state index contributed by atoms with van der Waals surface area (Å²) in [7, 11) is 0. The van der Waals surface area contributed by atoms with E-state index in [0.29, 0.717) is 12.0 Å². The maximum Gasteiger partial charge on any atom is 0.333 e. The van der Waals surface area contributed by atoms with Crippen LogP contribution in [0.2, 0.25) is 0 Å². The van der Waals surface area contributed by atoms with Crippen LogP contribution in [0.4, 0.5) is 0 Å². The van der Waals surface area contributed by atoms with Gasteiger partial charge in [0.2, 0.25) is 0 Å². The molecule has 6 atom stereocenters. The van der Waals surface area contributed by atoms with E-state index in [0.717, 1.165) is 19.1 Å². The number of aldehydes is 1. The minimum atomic E-state index is -0.974. The Labute approximate surface area is 137 Å². The van der Waals surface area contributed by atoms with E-state index in [1.165, 1.54) is 0 Å². The van der Waals surface area contributed by atoms with Gasteiger partial charge in [-0.25, -0.2) is 4.79 Å². The van der Waals surface area contributed by atoms with Crippen molar-refractivity contribution >= 4 is 18.7 Å². The van der Waals surface area contributed by atoms with Crippen LogP contribution in [0.25, 0.3) is 0 Å². The summed E-state index contributed by atoms with van der Waals surface area (Å²) in [6.07, 6.45) is 2.12. The average Bonchev–Trinajstić information content (AvgIpc) is 2.49. The maximum absolute atomic E-state index is 12.3. The minimum absolute atomic E-state index is 0.0146. The summed E-state index contributed by atoms with van der Waals surface area (Å²) in [5.41, 5.74) is -0.676. The van der Waals surface area contributed by atoms with Gasteiger partial charge in [0.05, 0.1) is 0 Å². The third kappa shape index (κ3) is 2.60. The van der Waals surface area contributed by atoms with Gasteiger partial charge in [-0.2, -0.15) is 0 Å². The smallest absolute Gasteiger partial charge is 0.333 e. The van der Waals surface area contributed by atoms with Crippen LogP contribution >= 0.6 is 0 Å². The van der Waals surface area contributed by atoms with Crippen molar-refractivity contribution in [2.45, 2.75) is 52.2 Å². The van der Waals surface area contributed by atoms with Gasteiger partial charge < -0.3 is 14.3 Å². The van der Waals surface area contributed by atoms with Crippen LogP contribution in [0.3, 0.4) is 0 Å². The van der Waals surface area contributed by atoms with Crippen LogP contribution in [-0.4, -0.2) is 30.4 Å². The highest BCUT2D eigenvalue weighted by atomic mass is 16.6. The van der Waals surface area contributed by atoms with Crippen LogP contribution in [0.1, 0.15) is 40.5 Å². The SMILES string of the molecule is C=C(C)C(=O)OC1(C(C)C)C2CCC(C(C)C2C=O)C1OC=O. The Morgan fingerprint density at radius 1 is 1.30 bits per heavy atom. The zero-order valence-corrected chi connectivity index (χ0v) is 14.3. The van der Waals surface area contributed by atoms with Crippen LogP contribution < -0.4 is 0 Å². The average molecular weight is 322 g/mol. The lowest BCUT2D eigenvalue weighted by Gasteiger charge is -2.60. The van der Waals surface area contributed by atoms with Crippen molar-refractivity contribution in [1.82, 2.24) is 0 Å². The molecule has 0 radical (unpaired) electrons. The Kier molecular flexibility index (Phi) is 4.97. The molecule has 23 heavy (non-hydrogen) atoms. The van der Waals surface area contributed by atoms with Gasteiger partial charge in [0, 0.05) is 23.3 Å². The van der Waals surface area contributed by atoms with E-state index in [-0.39, 0.29) is 29.6 Å². The summed E-state index contributed by atoms with van der Waals surface area (Å²) in [6.45, 7) is 11.6. The molecule has 3 aliphatic rings. The highest BCUT2D eigenvalue weighted by Crippen LogP contribution is 2.58. The second kappa shape index (κ2) is 6.46. The quantitative estimate of drug-likeness (QED) is 0.427. The van der Waals surface area contributed by atoms with E-state index in [1.54, 1.807) is 6.92 Å². The lowest BCUT2D eigenvalue weighted by Crippen LogP contribution is -2.69. The summed E-state index contributed by atoms with van der Waals surface area (Å²) in [6, 6.07) is 0. The zero-order valence-electron chi connectivity index (χ0n) is 14.3. The summed E-state index contributed by atoms with van der Waals surface area (Å²) in [4.78, 5) is 35.0. The van der Waals surface area contributed by atoms with Crippen molar-refractivity contribution in [3.63, 3.8) is 0 Å². The number of carbonyl (C=O) groups is 3. The third-order valence-electron chi connectivity index (χ3n) is 5.85. The maximum atomic E-state index is 12.3. The molecule has 0 heterocycles. The molecule has 0 aliphatic heterocycles. The largest absolute Gasteiger partial charge is 0.460 e. The summed E-state index contributed by atoms with van der Waals surface area (Å²) < 4.78 is 11.3. The van der Waals surface area contributed by atoms with E-state index in [1.807, 2.05) is 20.8 Å². The van der Waals surface area contributed by atoms with Gasteiger partial charge in [0.1, 0.15) is 12.4 Å². The number of fused-ring (bicyclic) bond motifs is 3. The van der Waals surface area contributed by atoms with Crippen molar-refractivity contribution in [1.29, 1.82) is 0 Å². The predicted molar refractivity (Wildman–Crippen MR) is 84.3 cm³/mol. The van der Waals surface area contributed by atoms with E-state index in [4.69, 9.17) is 9.47 Å². The fraction of sp³-hybridized carbons (Fsp3) is 0.722. The number of ether oxygens (including phenoxy) is 2. The van der Waals surface area contributed by atoms with E-state index < -0.39 is 17.7 Å². The van der Waals surface area contributed by atoms with Crippen molar-refractivity contribution in [2.24, 2.45) is 29.6 Å². The van der Waals surface area contributed by atoms with Gasteiger partial charge in [-0.15, -0.1) is 0 Å². The van der Waals surface area contributed by atoms with E-state index in [2.05, 4.69) is 6.58 Å². The molecule has 0 saturated heterocycles. The summed E-state index contributed by atoms with van der Waals surface area (Å²) in [5, 5.41) is 0. The fourth-order valence-electron chi connectivity index (χ4n) is 4.72. The van der Waals surface area contributed by atoms with Gasteiger partial charge in [-0.05, 0) is 31.6 Å². The molecule has 0 aromatic rings. The molecule has 2 bridgehead atoms. The highest BCUT2D eigenvalue weighted by molar-refractivity contribution is 5.87. The third-order valence-corrected chi connectivity index (χ3v) is 5.85. The summed E-state index contributed by atoms with van der Waals surface area (Å²) in [5.74, 6) is -0.803. The zero-order chi connectivity index (χ0) is 17.4. The van der Waals surface area contributed by atoms with Crippen molar-refractivity contribution in [3.8, 4) is 0 Å². The molecule has 0 aromatic carbocycles. The Balaban J connectivity index is 2.54. The van der Waals surface area contributed by atoms with Crippen molar-refractivity contribution < 1.29 is 23.9 Å². The first-order valence-corrected chi connectivity index (χ1v) is 8.24. The van der Waals surface area contributed by atoms with Crippen molar-refractivity contribution in [3.05, 3.63) is 12.2 Å². The summed E-state index contributed by atoms with van der Waals surface area (Å²) >= 11 is 0. The number of carbonyl (C=O) groups excluding carboxylic acids is 3. The number of hydrogen-bond acceptors (Lipinski definition) is 5. The molecule has 3 aliphatic carbocycles. The second-order valence-electron chi connectivity index (χ2n) is 7.25. The first kappa shape index (κ1) is 17.7. The molecule has 0 N–H and O–H groups in total. The number of esters is 1. The lowest BCUT2D eigenvalue weighted by molar-refractivity contribution is -0.255. The van der Waals surface area contributed by atoms with Gasteiger partial charge in [0.15, 0.2) is 5.60 Å². The number of rotatable bonds is 6. The lowest BCUT2D eigenvalue weighted by atomic mass is 9.49. The van der Waals surface area contributed by atoms with E-state index >= 15 is 0 Å². The van der Waals surface area contributed by atoms with Gasteiger partial charge >= 0.3 is 5.97 Å². The predicted octanol–water partition coefficient (Wildman–Crippen LogP) is 2.53.